The van der Waals surface area contributed by atoms with Crippen LogP contribution in [0.1, 0.15) is 12.6 Å². The highest BCUT2D eigenvalue weighted by Crippen LogP contribution is 2.12. The largest absolute Gasteiger partial charge is 0.371 e. The first kappa shape index (κ1) is 10.6. The number of benzene rings is 1. The Labute approximate surface area is 93.2 Å². The zero-order valence-corrected chi connectivity index (χ0v) is 8.93. The average molecular weight is 216 g/mol. The molecule has 16 heavy (non-hydrogen) atoms. The van der Waals surface area contributed by atoms with E-state index in [1.807, 2.05) is 30.3 Å². The van der Waals surface area contributed by atoms with Gasteiger partial charge in [-0.2, -0.15) is 0 Å². The molecule has 0 aliphatic carbocycles. The Balaban J connectivity index is 2.10. The molecule has 0 amide bonds. The van der Waals surface area contributed by atoms with Crippen molar-refractivity contribution in [1.29, 1.82) is 0 Å². The third-order valence-corrected chi connectivity index (χ3v) is 2.16. The number of fused-ring (bicyclic) bond motifs is 1. The Morgan fingerprint density at radius 2 is 2.12 bits per heavy atom. The van der Waals surface area contributed by atoms with Gasteiger partial charge in [-0.1, -0.05) is 24.3 Å². The van der Waals surface area contributed by atoms with E-state index < -0.39 is 0 Å². The number of pyridine rings is 1. The first-order chi connectivity index (χ1) is 7.75. The van der Waals surface area contributed by atoms with Crippen molar-refractivity contribution in [1.82, 2.24) is 10.5 Å². The van der Waals surface area contributed by atoms with Gasteiger partial charge in [-0.3, -0.25) is 9.78 Å². The van der Waals surface area contributed by atoms with Crippen LogP contribution >= 0.6 is 0 Å². The normalized spacial score (nSPS) is 10.3. The molecular weight excluding hydrogens is 204 g/mol. The molecule has 0 aliphatic heterocycles. The van der Waals surface area contributed by atoms with Crippen molar-refractivity contribution in [3.63, 3.8) is 0 Å². The van der Waals surface area contributed by atoms with Crippen molar-refractivity contribution < 1.29 is 9.63 Å². The molecular formula is C12H12N2O2. The van der Waals surface area contributed by atoms with Gasteiger partial charge in [0.25, 0.3) is 0 Å². The second-order valence-electron chi connectivity index (χ2n) is 3.44. The lowest BCUT2D eigenvalue weighted by molar-refractivity contribution is -0.148. The zero-order valence-electron chi connectivity index (χ0n) is 8.93. The van der Waals surface area contributed by atoms with Gasteiger partial charge in [0, 0.05) is 18.5 Å². The van der Waals surface area contributed by atoms with Crippen molar-refractivity contribution in [3.8, 4) is 0 Å². The van der Waals surface area contributed by atoms with Gasteiger partial charge in [-0.25, -0.2) is 0 Å². The average Bonchev–Trinajstić information content (AvgIpc) is 2.28. The molecule has 2 rings (SSSR count). The molecule has 0 radical (unpaired) electrons. The van der Waals surface area contributed by atoms with Gasteiger partial charge < -0.3 is 4.84 Å². The Morgan fingerprint density at radius 1 is 1.38 bits per heavy atom. The fourth-order valence-electron chi connectivity index (χ4n) is 1.44. The number of carbonyl (C=O) groups is 1. The number of carbonyl (C=O) groups excluding carboxylic acids is 1. The van der Waals surface area contributed by atoms with Gasteiger partial charge in [0.1, 0.15) is 0 Å². The van der Waals surface area contributed by atoms with Gasteiger partial charge in [0.05, 0.1) is 12.2 Å². The maximum atomic E-state index is 10.5. The standard InChI is InChI=1S/C12H12N2O2/c1-9(15)16-14-8-12-6-10-4-2-3-5-11(10)7-13-12/h2-7,14H,8H2,1H3. The number of hydrogen-bond donors (Lipinski definition) is 1. The summed E-state index contributed by atoms with van der Waals surface area (Å²) in [7, 11) is 0. The van der Waals surface area contributed by atoms with Gasteiger partial charge in [0.15, 0.2) is 0 Å². The molecule has 1 N–H and O–H groups in total. The molecule has 2 aromatic rings. The molecule has 0 atom stereocenters. The van der Waals surface area contributed by atoms with Crippen molar-refractivity contribution in [3.05, 3.63) is 42.2 Å². The van der Waals surface area contributed by atoms with E-state index in [0.717, 1.165) is 16.5 Å². The van der Waals surface area contributed by atoms with Crippen molar-refractivity contribution in [2.24, 2.45) is 0 Å². The van der Waals surface area contributed by atoms with Crippen LogP contribution in [0.5, 0.6) is 0 Å². The SMILES string of the molecule is CC(=O)ONCc1cc2ccccc2cn1. The molecule has 1 heterocycles. The molecule has 82 valence electrons. The summed E-state index contributed by atoms with van der Waals surface area (Å²) in [5, 5.41) is 2.22. The van der Waals surface area contributed by atoms with Gasteiger partial charge in [-0.05, 0) is 11.5 Å². The molecule has 0 saturated carbocycles. The smallest absolute Gasteiger partial charge is 0.321 e. The highest BCUT2D eigenvalue weighted by molar-refractivity contribution is 5.81. The van der Waals surface area contributed by atoms with E-state index in [1.165, 1.54) is 6.92 Å². The number of aromatic nitrogens is 1. The molecule has 0 unspecified atom stereocenters. The molecule has 0 aliphatic rings. The van der Waals surface area contributed by atoms with Gasteiger partial charge in [-0.15, -0.1) is 5.48 Å². The maximum absolute atomic E-state index is 10.5. The lowest BCUT2D eigenvalue weighted by Crippen LogP contribution is -2.17. The molecule has 4 heteroatoms. The van der Waals surface area contributed by atoms with Crippen molar-refractivity contribution in [2.45, 2.75) is 13.5 Å². The monoisotopic (exact) mass is 216 g/mol. The number of hydrogen-bond acceptors (Lipinski definition) is 4. The minimum absolute atomic E-state index is 0.360. The summed E-state index contributed by atoms with van der Waals surface area (Å²) in [5.74, 6) is -0.360. The zero-order chi connectivity index (χ0) is 11.4. The van der Waals surface area contributed by atoms with Crippen LogP contribution in [-0.2, 0) is 16.2 Å². The molecule has 0 saturated heterocycles. The second-order valence-corrected chi connectivity index (χ2v) is 3.44. The second kappa shape index (κ2) is 4.72. The predicted octanol–water partition coefficient (Wildman–Crippen LogP) is 1.80. The lowest BCUT2D eigenvalue weighted by Gasteiger charge is -2.04. The minimum atomic E-state index is -0.360. The summed E-state index contributed by atoms with van der Waals surface area (Å²) in [6.45, 7) is 1.76. The molecule has 4 nitrogen and oxygen atoms in total. The quantitative estimate of drug-likeness (QED) is 0.795. The first-order valence-electron chi connectivity index (χ1n) is 4.99. The Hall–Kier alpha value is -1.94. The van der Waals surface area contributed by atoms with E-state index >= 15 is 0 Å². The molecule has 0 bridgehead atoms. The predicted molar refractivity (Wildman–Crippen MR) is 60.3 cm³/mol. The summed E-state index contributed by atoms with van der Waals surface area (Å²) in [4.78, 5) is 19.4. The Morgan fingerprint density at radius 3 is 2.88 bits per heavy atom. The van der Waals surface area contributed by atoms with E-state index in [4.69, 9.17) is 0 Å². The maximum Gasteiger partial charge on any atom is 0.321 e. The van der Waals surface area contributed by atoms with E-state index in [1.54, 1.807) is 6.20 Å². The van der Waals surface area contributed by atoms with Crippen LogP contribution in [0.15, 0.2) is 36.5 Å². The molecule has 0 spiro atoms. The fourth-order valence-corrected chi connectivity index (χ4v) is 1.44. The summed E-state index contributed by atoms with van der Waals surface area (Å²) in [6.07, 6.45) is 1.81. The topological polar surface area (TPSA) is 51.2 Å². The summed E-state index contributed by atoms with van der Waals surface area (Å²) in [6, 6.07) is 9.94. The third kappa shape index (κ3) is 2.55. The van der Waals surface area contributed by atoms with Gasteiger partial charge in [0.2, 0.25) is 0 Å². The molecule has 1 aromatic carbocycles. The third-order valence-electron chi connectivity index (χ3n) is 2.16. The van der Waals surface area contributed by atoms with Crippen LogP contribution < -0.4 is 5.48 Å². The highest BCUT2D eigenvalue weighted by atomic mass is 16.7. The number of nitrogens with zero attached hydrogens (tertiary/aromatic N) is 1. The number of nitrogens with one attached hydrogen (secondary N) is 1. The summed E-state index contributed by atoms with van der Waals surface area (Å²) < 4.78 is 0. The van der Waals surface area contributed by atoms with E-state index in [2.05, 4.69) is 15.3 Å². The summed E-state index contributed by atoms with van der Waals surface area (Å²) in [5.41, 5.74) is 3.39. The Bertz CT molecular complexity index is 511. The molecule has 1 aromatic heterocycles. The van der Waals surface area contributed by atoms with E-state index in [-0.39, 0.29) is 5.97 Å². The number of hydroxylamine groups is 1. The fraction of sp³-hybridized carbons (Fsp3) is 0.167. The lowest BCUT2D eigenvalue weighted by atomic mass is 10.1. The van der Waals surface area contributed by atoms with Crippen LogP contribution in [0.2, 0.25) is 0 Å². The van der Waals surface area contributed by atoms with Crippen LogP contribution in [-0.4, -0.2) is 11.0 Å². The highest BCUT2D eigenvalue weighted by Gasteiger charge is 1.98. The first-order valence-corrected chi connectivity index (χ1v) is 4.99. The van der Waals surface area contributed by atoms with Crippen LogP contribution in [0.3, 0.4) is 0 Å². The Kier molecular flexibility index (Phi) is 3.12. The van der Waals surface area contributed by atoms with Crippen molar-refractivity contribution in [2.75, 3.05) is 0 Å². The van der Waals surface area contributed by atoms with Crippen molar-refractivity contribution >= 4 is 16.7 Å². The van der Waals surface area contributed by atoms with Crippen LogP contribution in [0, 0.1) is 0 Å². The van der Waals surface area contributed by atoms with E-state index in [9.17, 15) is 4.79 Å². The molecule has 0 fully saturated rings. The van der Waals surface area contributed by atoms with E-state index in [0.29, 0.717) is 6.54 Å². The summed E-state index contributed by atoms with van der Waals surface area (Å²) >= 11 is 0. The van der Waals surface area contributed by atoms with Gasteiger partial charge >= 0.3 is 5.97 Å². The van der Waals surface area contributed by atoms with Crippen LogP contribution in [0.25, 0.3) is 10.8 Å². The van der Waals surface area contributed by atoms with Crippen LogP contribution in [0.4, 0.5) is 0 Å². The minimum Gasteiger partial charge on any atom is -0.371 e. The number of rotatable bonds is 3.